The van der Waals surface area contributed by atoms with Crippen molar-refractivity contribution in [3.05, 3.63) is 53.6 Å². The van der Waals surface area contributed by atoms with Crippen molar-refractivity contribution in [1.29, 1.82) is 0 Å². The normalized spacial score (nSPS) is 24.5. The molecule has 0 spiro atoms. The molecular weight excluding hydrogens is 348 g/mol. The number of carbonyl (C=O) groups is 2. The summed E-state index contributed by atoms with van der Waals surface area (Å²) in [5.41, 5.74) is 5.25. The number of nitrogens with one attached hydrogen (secondary N) is 1. The number of hydrogen-bond acceptors (Lipinski definition) is 3. The Balaban J connectivity index is 2.03. The van der Waals surface area contributed by atoms with Crippen LogP contribution < -0.4 is 10.4 Å². The van der Waals surface area contributed by atoms with Gasteiger partial charge < -0.3 is 0 Å². The lowest BCUT2D eigenvalue weighted by atomic mass is 9.68. The van der Waals surface area contributed by atoms with Crippen molar-refractivity contribution in [3.8, 4) is 0 Å². The Morgan fingerprint density at radius 3 is 1.82 bits per heavy atom. The number of benzene rings is 1. The number of carbonyl (C=O) groups excluding carboxylic acids is 2. The zero-order chi connectivity index (χ0) is 20.9. The quantitative estimate of drug-likeness (QED) is 0.810. The molecule has 0 aromatic heterocycles. The molecule has 1 N–H and O–H groups in total. The molecule has 1 saturated heterocycles. The van der Waals surface area contributed by atoms with E-state index in [0.29, 0.717) is 0 Å². The lowest BCUT2D eigenvalue weighted by molar-refractivity contribution is -0.121. The van der Waals surface area contributed by atoms with Gasteiger partial charge in [-0.2, -0.15) is 0 Å². The summed E-state index contributed by atoms with van der Waals surface area (Å²) in [5, 5.41) is 1.65. The van der Waals surface area contributed by atoms with Crippen LogP contribution in [-0.2, 0) is 9.59 Å². The molecular formula is C24H32N2O2. The van der Waals surface area contributed by atoms with E-state index in [1.165, 1.54) is 0 Å². The smallest absolute Gasteiger partial charge is 0.247 e. The molecule has 4 nitrogen and oxygen atoms in total. The summed E-state index contributed by atoms with van der Waals surface area (Å²) in [6, 6.07) is 9.62. The van der Waals surface area contributed by atoms with E-state index in [-0.39, 0.29) is 40.4 Å². The Morgan fingerprint density at radius 1 is 0.857 bits per heavy atom. The van der Waals surface area contributed by atoms with E-state index in [1.54, 1.807) is 5.01 Å². The van der Waals surface area contributed by atoms with Crippen LogP contribution in [0.5, 0.6) is 0 Å². The molecule has 0 bridgehead atoms. The Hall–Kier alpha value is -2.20. The number of para-hydroxylation sites is 1. The predicted molar refractivity (Wildman–Crippen MR) is 114 cm³/mol. The zero-order valence-corrected chi connectivity index (χ0v) is 18.0. The Labute approximate surface area is 168 Å². The average Bonchev–Trinajstić information content (AvgIpc) is 2.88. The number of nitrogens with zero attached hydrogens (tertiary/aromatic N) is 1. The summed E-state index contributed by atoms with van der Waals surface area (Å²) in [4.78, 5) is 26.5. The molecule has 1 amide bonds. The fourth-order valence-corrected chi connectivity index (χ4v) is 4.11. The summed E-state index contributed by atoms with van der Waals surface area (Å²) in [6.07, 6.45) is 4.07. The van der Waals surface area contributed by atoms with Crippen LogP contribution in [0.4, 0.5) is 5.69 Å². The summed E-state index contributed by atoms with van der Waals surface area (Å²) in [6.45, 7) is 14.4. The van der Waals surface area contributed by atoms with Gasteiger partial charge in [-0.05, 0) is 29.9 Å². The van der Waals surface area contributed by atoms with Crippen molar-refractivity contribution in [3.63, 3.8) is 0 Å². The van der Waals surface area contributed by atoms with E-state index in [9.17, 15) is 9.59 Å². The highest BCUT2D eigenvalue weighted by molar-refractivity contribution is 6.11. The van der Waals surface area contributed by atoms with E-state index >= 15 is 0 Å². The highest BCUT2D eigenvalue weighted by Gasteiger charge is 2.45. The van der Waals surface area contributed by atoms with Gasteiger partial charge in [0, 0.05) is 23.1 Å². The first-order valence-corrected chi connectivity index (χ1v) is 10.1. The Kier molecular flexibility index (Phi) is 5.13. The van der Waals surface area contributed by atoms with Gasteiger partial charge in [-0.25, -0.2) is 10.4 Å². The third-order valence-corrected chi connectivity index (χ3v) is 5.63. The molecule has 28 heavy (non-hydrogen) atoms. The van der Waals surface area contributed by atoms with Crippen molar-refractivity contribution in [2.75, 3.05) is 5.01 Å². The van der Waals surface area contributed by atoms with Crippen LogP contribution in [0.3, 0.4) is 0 Å². The van der Waals surface area contributed by atoms with Crippen LogP contribution in [0.15, 0.2) is 53.6 Å². The van der Waals surface area contributed by atoms with Gasteiger partial charge in [-0.1, -0.05) is 71.9 Å². The Morgan fingerprint density at radius 2 is 1.36 bits per heavy atom. The summed E-state index contributed by atoms with van der Waals surface area (Å²) in [7, 11) is 0. The average molecular weight is 381 g/mol. The largest absolute Gasteiger partial charge is 0.289 e. The van der Waals surface area contributed by atoms with Gasteiger partial charge in [0.2, 0.25) is 5.91 Å². The topological polar surface area (TPSA) is 49.4 Å². The van der Waals surface area contributed by atoms with Crippen molar-refractivity contribution >= 4 is 17.4 Å². The van der Waals surface area contributed by atoms with Crippen LogP contribution in [0.1, 0.15) is 48.5 Å². The number of hydrogen-bond donors (Lipinski definition) is 1. The van der Waals surface area contributed by atoms with Gasteiger partial charge in [-0.3, -0.25) is 9.59 Å². The first-order chi connectivity index (χ1) is 12.9. The van der Waals surface area contributed by atoms with Crippen LogP contribution in [0.2, 0.25) is 0 Å². The fourth-order valence-electron chi connectivity index (χ4n) is 4.11. The summed E-state index contributed by atoms with van der Waals surface area (Å²) in [5.74, 6) is -0.192. The maximum Gasteiger partial charge on any atom is 0.247 e. The molecule has 1 heterocycles. The molecule has 2 unspecified atom stereocenters. The predicted octanol–water partition coefficient (Wildman–Crippen LogP) is 4.69. The molecule has 2 aliphatic rings. The molecule has 4 heteroatoms. The molecule has 0 saturated carbocycles. The van der Waals surface area contributed by atoms with Gasteiger partial charge in [-0.15, -0.1) is 0 Å². The maximum atomic E-state index is 13.3. The van der Waals surface area contributed by atoms with Gasteiger partial charge in [0.15, 0.2) is 5.78 Å². The summed E-state index contributed by atoms with van der Waals surface area (Å²) < 4.78 is 0. The van der Waals surface area contributed by atoms with E-state index < -0.39 is 0 Å². The standard InChI is InChI=1S/C24H32N2O2/c1-15-20(22(28)26(25-15)17-11-9-8-10-12-17)16-13-18(23(2,3)4)21(27)19(14-16)24(5,6)7/h8-16,20,25H,1-7H3. The summed E-state index contributed by atoms with van der Waals surface area (Å²) >= 11 is 0. The minimum Gasteiger partial charge on any atom is -0.289 e. The molecule has 1 fully saturated rings. The van der Waals surface area contributed by atoms with E-state index in [0.717, 1.165) is 16.8 Å². The SMILES string of the molecule is CC1NN(c2ccccc2)C(=O)C1C1C=C(C(C)(C)C)C(=O)C(C(C)(C)C)=C1. The first kappa shape index (κ1) is 20.5. The zero-order valence-electron chi connectivity index (χ0n) is 18.0. The van der Waals surface area contributed by atoms with Crippen molar-refractivity contribution in [2.24, 2.45) is 22.7 Å². The van der Waals surface area contributed by atoms with Crippen LogP contribution in [0.25, 0.3) is 0 Å². The number of hydrazine groups is 1. The highest BCUT2D eigenvalue weighted by atomic mass is 16.2. The van der Waals surface area contributed by atoms with Crippen LogP contribution >= 0.6 is 0 Å². The second-order valence-corrected chi connectivity index (χ2v) is 10.0. The van der Waals surface area contributed by atoms with Crippen molar-refractivity contribution in [2.45, 2.75) is 54.5 Å². The molecule has 1 aliphatic heterocycles. The highest BCUT2D eigenvalue weighted by Crippen LogP contribution is 2.42. The van der Waals surface area contributed by atoms with E-state index in [4.69, 9.17) is 0 Å². The van der Waals surface area contributed by atoms with Gasteiger partial charge in [0.25, 0.3) is 0 Å². The monoisotopic (exact) mass is 380 g/mol. The molecule has 1 aromatic carbocycles. The number of amides is 1. The van der Waals surface area contributed by atoms with Crippen molar-refractivity contribution in [1.82, 2.24) is 5.43 Å². The number of Topliss-reactive ketones (excluding diaryl/α,β-unsaturated/α-hetero) is 1. The first-order valence-electron chi connectivity index (χ1n) is 10.1. The minimum absolute atomic E-state index is 0.0270. The second kappa shape index (κ2) is 7.00. The molecule has 3 rings (SSSR count). The van der Waals surface area contributed by atoms with Gasteiger partial charge in [0.05, 0.1) is 11.6 Å². The second-order valence-electron chi connectivity index (χ2n) is 10.0. The third kappa shape index (κ3) is 3.70. The number of allylic oxidation sites excluding steroid dienone is 4. The van der Waals surface area contributed by atoms with Gasteiger partial charge >= 0.3 is 0 Å². The van der Waals surface area contributed by atoms with Crippen molar-refractivity contribution < 1.29 is 9.59 Å². The lowest BCUT2D eigenvalue weighted by Gasteiger charge is -2.34. The molecule has 1 aromatic rings. The van der Waals surface area contributed by atoms with E-state index in [2.05, 4.69) is 47.0 Å². The number of rotatable bonds is 2. The van der Waals surface area contributed by atoms with E-state index in [1.807, 2.05) is 49.4 Å². The fraction of sp³-hybridized carbons (Fsp3) is 0.500. The number of ketones is 1. The minimum atomic E-state index is -0.266. The molecule has 2 atom stereocenters. The van der Waals surface area contributed by atoms with Crippen LogP contribution in [-0.4, -0.2) is 17.7 Å². The Bertz CT molecular complexity index is 804. The molecule has 150 valence electrons. The lowest BCUT2D eigenvalue weighted by Crippen LogP contribution is -2.36. The molecule has 0 radical (unpaired) electrons. The van der Waals surface area contributed by atoms with Crippen LogP contribution in [0, 0.1) is 22.7 Å². The third-order valence-electron chi connectivity index (χ3n) is 5.63. The number of anilines is 1. The van der Waals surface area contributed by atoms with Gasteiger partial charge in [0.1, 0.15) is 0 Å². The maximum absolute atomic E-state index is 13.3. The molecule has 1 aliphatic carbocycles.